The van der Waals surface area contributed by atoms with Crippen LogP contribution >= 0.6 is 0 Å². The second-order valence-electron chi connectivity index (χ2n) is 20.8. The molecule has 1 saturated heterocycles. The van der Waals surface area contributed by atoms with Gasteiger partial charge in [0.2, 0.25) is 5.90 Å². The summed E-state index contributed by atoms with van der Waals surface area (Å²) in [5.41, 5.74) is -0.665. The number of aromatic hydroxyl groups is 11. The van der Waals surface area contributed by atoms with E-state index in [-0.39, 0.29) is 48.3 Å². The van der Waals surface area contributed by atoms with E-state index >= 15 is 0 Å². The van der Waals surface area contributed by atoms with E-state index < -0.39 is 171 Å². The summed E-state index contributed by atoms with van der Waals surface area (Å²) in [5, 5.41) is 119. The highest BCUT2D eigenvalue weighted by atomic mass is 16.6. The minimum atomic E-state index is -2.01. The molecule has 6 aromatic carbocycles. The Morgan fingerprint density at radius 1 is 0.473 bits per heavy atom. The van der Waals surface area contributed by atoms with E-state index in [1.54, 1.807) is 36.9 Å². The molecular weight excluding hydrogens is 1220 g/mol. The first kappa shape index (κ1) is 68.5. The van der Waals surface area contributed by atoms with Crippen LogP contribution in [0.2, 0.25) is 0 Å². The van der Waals surface area contributed by atoms with Crippen molar-refractivity contribution >= 4 is 59.1 Å². The van der Waals surface area contributed by atoms with Gasteiger partial charge in [0.05, 0.1) is 33.4 Å². The van der Waals surface area contributed by atoms with Gasteiger partial charge in [0.1, 0.15) is 31.7 Å². The maximum absolute atomic E-state index is 13.7. The zero-order valence-electron chi connectivity index (χ0n) is 49.5. The number of Topliss-reactive ketones (excluding diaryl/α,β-unsaturated/α-hetero) is 1. The number of ketones is 1. The highest BCUT2D eigenvalue weighted by Crippen LogP contribution is 2.34. The fourth-order valence-corrected chi connectivity index (χ4v) is 9.17. The lowest BCUT2D eigenvalue weighted by Crippen LogP contribution is -2.50. The quantitative estimate of drug-likeness (QED) is 0.0138. The van der Waals surface area contributed by atoms with Crippen LogP contribution in [0.25, 0.3) is 0 Å². The summed E-state index contributed by atoms with van der Waals surface area (Å²) in [5.74, 6) is -17.3. The van der Waals surface area contributed by atoms with Crippen molar-refractivity contribution in [3.63, 3.8) is 0 Å². The molecule has 490 valence electrons. The Morgan fingerprint density at radius 2 is 0.860 bits per heavy atom. The van der Waals surface area contributed by atoms with Gasteiger partial charge in [0.15, 0.2) is 87.3 Å². The first-order valence-electron chi connectivity index (χ1n) is 28.4. The Kier molecular flexibility index (Phi) is 22.8. The van der Waals surface area contributed by atoms with Gasteiger partial charge in [-0.05, 0) is 105 Å². The van der Waals surface area contributed by atoms with Crippen LogP contribution in [0.5, 0.6) is 63.2 Å². The minimum absolute atomic E-state index is 0.0213. The van der Waals surface area contributed by atoms with Crippen LogP contribution < -0.4 is 21.3 Å². The molecule has 30 nitrogen and oxygen atoms in total. The minimum Gasteiger partial charge on any atom is -0.507 e. The van der Waals surface area contributed by atoms with E-state index in [0.29, 0.717) is 36.9 Å². The lowest BCUT2D eigenvalue weighted by molar-refractivity contribution is -0.161. The number of carbonyl (C=O) groups is 9. The number of unbranched alkanes of at least 4 members (excludes halogenated alkanes) is 1. The van der Waals surface area contributed by atoms with Gasteiger partial charge < -0.3 is 101 Å². The van der Waals surface area contributed by atoms with Crippen LogP contribution in [-0.4, -0.2) is 190 Å². The topological polar surface area (TPSA) is 477 Å². The zero-order valence-corrected chi connectivity index (χ0v) is 49.5. The van der Waals surface area contributed by atoms with Crippen LogP contribution in [0.4, 0.5) is 0 Å². The molecule has 93 heavy (non-hydrogen) atoms. The molecule has 5 atom stereocenters. The van der Waals surface area contributed by atoms with Gasteiger partial charge in [-0.25, -0.2) is 14.6 Å². The number of nitrogens with zero attached hydrogens (tertiary/aromatic N) is 2. The Balaban J connectivity index is 0.000000264. The third-order valence-electron chi connectivity index (χ3n) is 14.3. The summed E-state index contributed by atoms with van der Waals surface area (Å²) in [7, 11) is 0. The van der Waals surface area contributed by atoms with E-state index in [9.17, 15) is 99.3 Å². The summed E-state index contributed by atoms with van der Waals surface area (Å²) in [6.07, 6.45) is 0.749. The molecule has 8 rings (SSSR count). The summed E-state index contributed by atoms with van der Waals surface area (Å²) in [6, 6.07) is 18.8. The first-order valence-corrected chi connectivity index (χ1v) is 28.4. The Bertz CT molecular complexity index is 3810. The number of hydrogen-bond donors (Lipinski definition) is 15. The number of rotatable bonds is 19. The van der Waals surface area contributed by atoms with Crippen molar-refractivity contribution < 1.29 is 118 Å². The van der Waals surface area contributed by atoms with E-state index in [1.807, 2.05) is 0 Å². The average Bonchev–Trinajstić information content (AvgIpc) is 1.68. The number of esters is 3. The monoisotopic (exact) mass is 1290 g/mol. The fraction of sp³-hybridized carbons (Fsp3) is 0.270. The van der Waals surface area contributed by atoms with E-state index in [1.165, 1.54) is 54.6 Å². The molecule has 2 heterocycles. The van der Waals surface area contributed by atoms with Crippen molar-refractivity contribution in [2.75, 3.05) is 46.0 Å². The number of phenols is 11. The number of ether oxygens (including phenoxy) is 4. The van der Waals surface area contributed by atoms with Gasteiger partial charge in [0.25, 0.3) is 29.5 Å². The number of carbonyl (C=O) groups excluding carboxylic acids is 9. The molecule has 0 radical (unpaired) electrons. The smallest absolute Gasteiger partial charge is 0.332 e. The van der Waals surface area contributed by atoms with Crippen molar-refractivity contribution in [3.8, 4) is 63.2 Å². The molecule has 0 aromatic heterocycles. The number of nitrogens with one attached hydrogen (secondary N) is 4. The molecule has 0 aliphatic carbocycles. The number of hydrogen-bond acceptors (Lipinski definition) is 25. The highest BCUT2D eigenvalue weighted by molar-refractivity contribution is 6.11. The molecule has 15 N–H and O–H groups in total. The van der Waals surface area contributed by atoms with Gasteiger partial charge in [-0.15, -0.1) is 0 Å². The molecule has 5 amide bonds. The molecule has 2 aliphatic rings. The third-order valence-corrected chi connectivity index (χ3v) is 14.3. The van der Waals surface area contributed by atoms with Crippen molar-refractivity contribution in [2.24, 2.45) is 10.9 Å². The Hall–Kier alpha value is -12.0. The number of phenolic OH excluding ortho intramolecular Hbond substituents is 11. The predicted octanol–water partition coefficient (Wildman–Crippen LogP) is 2.88. The van der Waals surface area contributed by atoms with Crippen LogP contribution in [0.3, 0.4) is 0 Å². The molecule has 1 fully saturated rings. The van der Waals surface area contributed by atoms with Crippen LogP contribution in [0.1, 0.15) is 89.1 Å². The third kappa shape index (κ3) is 16.9. The number of aryl methyl sites for hydroxylation is 1. The second-order valence-corrected chi connectivity index (χ2v) is 20.8. The van der Waals surface area contributed by atoms with Gasteiger partial charge in [0, 0.05) is 26.2 Å². The lowest BCUT2D eigenvalue weighted by Gasteiger charge is -2.26. The molecular formula is C63H64N6O24. The molecule has 30 heteroatoms. The van der Waals surface area contributed by atoms with Gasteiger partial charge in [-0.1, -0.05) is 42.5 Å². The normalized spacial score (nSPS) is 17.1. The lowest BCUT2D eigenvalue weighted by atomic mass is 9.97. The van der Waals surface area contributed by atoms with Crippen molar-refractivity contribution in [1.82, 2.24) is 26.2 Å². The number of amides is 5. The number of cyclic esters (lactones) is 3. The summed E-state index contributed by atoms with van der Waals surface area (Å²) >= 11 is 0. The van der Waals surface area contributed by atoms with E-state index in [2.05, 4.69) is 26.3 Å². The SMILES string of the molecule is Cc1cccc(C2=NC(C(=O)N(CCCCNC(=O)c3cccc(O)c3O)CCCNC(=O)c3cccc(O)c3O)C(C)O2)c1O.O=C(N[C@H]1COC(=O)[C@@H](C(=O)c2cccc(O)c2O)COC(=O)[C@@H](NC(=O)c2cccc(O)c2O)COC1=O)c1cccc(O)c1O. The van der Waals surface area contributed by atoms with Crippen LogP contribution in [0.15, 0.2) is 114 Å². The first-order chi connectivity index (χ1) is 44.3. The van der Waals surface area contributed by atoms with Crippen LogP contribution in [-0.2, 0) is 38.1 Å². The summed E-state index contributed by atoms with van der Waals surface area (Å²) < 4.78 is 21.1. The maximum atomic E-state index is 13.7. The Morgan fingerprint density at radius 3 is 1.33 bits per heavy atom. The second kappa shape index (κ2) is 31.0. The van der Waals surface area contributed by atoms with Gasteiger partial charge in [-0.2, -0.15) is 0 Å². The van der Waals surface area contributed by atoms with Gasteiger partial charge in [-0.3, -0.25) is 33.6 Å². The molecule has 0 spiro atoms. The average molecular weight is 1290 g/mol. The predicted molar refractivity (Wildman–Crippen MR) is 321 cm³/mol. The van der Waals surface area contributed by atoms with Crippen molar-refractivity contribution in [2.45, 2.75) is 57.3 Å². The molecule has 2 unspecified atom stereocenters. The number of benzene rings is 6. The van der Waals surface area contributed by atoms with Crippen LogP contribution in [0, 0.1) is 12.8 Å². The molecule has 0 saturated carbocycles. The number of para-hydroxylation sites is 6. The van der Waals surface area contributed by atoms with E-state index in [0.717, 1.165) is 36.4 Å². The summed E-state index contributed by atoms with van der Waals surface area (Å²) in [4.78, 5) is 123. The van der Waals surface area contributed by atoms with Crippen molar-refractivity contribution in [1.29, 1.82) is 0 Å². The standard InChI is InChI=1S/C33H38N4O9.C30H26N2O15/c1-19-9-5-12-23(27(19)40)32-36-26(20(2)46-32)33(45)37(18-8-16-35-31(44)22-11-7-14-25(39)29(22)42)17-4-3-15-34-30(43)21-10-6-13-24(38)28(21)41;33-19-7-1-4-13(23(19)37)22(36)16-10-45-29(43)18(32-27(41)15-6-3-9-21(35)25(15)39)12-47-30(44)17(11-46-28(16)42)31-26(40)14-5-2-8-20(34)24(14)38/h5-7,9-14,20,26,38-42H,3-4,8,15-18H2,1-2H3,(H,34,43)(H,35,44);1-9,16-18,33-35,37-39H,10-12H2,(H,31,40)(H,32,41)/t;16-,17+,18+/m.1/s1. The fourth-order valence-electron chi connectivity index (χ4n) is 9.17. The molecule has 2 aliphatic heterocycles. The number of aliphatic imine (C=N–C) groups is 1. The molecule has 6 aromatic rings. The zero-order chi connectivity index (χ0) is 67.8. The van der Waals surface area contributed by atoms with Crippen molar-refractivity contribution in [3.05, 3.63) is 148 Å². The highest BCUT2D eigenvalue weighted by Gasteiger charge is 2.39. The van der Waals surface area contributed by atoms with Gasteiger partial charge >= 0.3 is 17.9 Å². The summed E-state index contributed by atoms with van der Waals surface area (Å²) in [6.45, 7) is 1.44. The largest absolute Gasteiger partial charge is 0.507 e. The Labute approximate surface area is 527 Å². The molecule has 0 bridgehead atoms. The van der Waals surface area contributed by atoms with E-state index in [4.69, 9.17) is 18.9 Å². The maximum Gasteiger partial charge on any atom is 0.332 e.